The van der Waals surface area contributed by atoms with Gasteiger partial charge in [0.05, 0.1) is 24.2 Å². The number of carbonyl (C=O) groups excluding carboxylic acids is 1. The molecule has 1 amide bonds. The topological polar surface area (TPSA) is 79.2 Å². The summed E-state index contributed by atoms with van der Waals surface area (Å²) in [6.07, 6.45) is -1.28. The zero-order chi connectivity index (χ0) is 19.4. The molecule has 0 fully saturated rings. The molecular formula is C21H22N3O3-. The molecule has 1 heterocycles. The highest BCUT2D eigenvalue weighted by molar-refractivity contribution is 5.64. The predicted molar refractivity (Wildman–Crippen MR) is 102 cm³/mol. The van der Waals surface area contributed by atoms with Gasteiger partial charge in [-0.25, -0.2) is 4.68 Å². The van der Waals surface area contributed by atoms with E-state index in [-0.39, 0.29) is 6.54 Å². The second-order valence-corrected chi connectivity index (χ2v) is 6.56. The highest BCUT2D eigenvalue weighted by Gasteiger charge is 2.14. The van der Waals surface area contributed by atoms with Gasteiger partial charge in [-0.1, -0.05) is 38.1 Å². The van der Waals surface area contributed by atoms with Crippen LogP contribution in [0.2, 0.25) is 0 Å². The number of benzene rings is 2. The van der Waals surface area contributed by atoms with Crippen molar-refractivity contribution in [2.24, 2.45) is 0 Å². The number of rotatable bonds is 6. The molecule has 27 heavy (non-hydrogen) atoms. The number of carbonyl (C=O) groups is 1. The summed E-state index contributed by atoms with van der Waals surface area (Å²) in [4.78, 5) is 10.5. The molecule has 0 unspecified atom stereocenters. The predicted octanol–water partition coefficient (Wildman–Crippen LogP) is 3.10. The second-order valence-electron chi connectivity index (χ2n) is 6.56. The van der Waals surface area contributed by atoms with E-state index in [4.69, 9.17) is 9.84 Å². The number of amides is 1. The highest BCUT2D eigenvalue weighted by Crippen LogP contribution is 2.28. The van der Waals surface area contributed by atoms with Crippen molar-refractivity contribution in [3.05, 3.63) is 65.9 Å². The number of methoxy groups -OCH3 is 1. The van der Waals surface area contributed by atoms with Crippen LogP contribution in [0.5, 0.6) is 5.75 Å². The highest BCUT2D eigenvalue weighted by atomic mass is 16.5. The number of ether oxygens (including phenoxy) is 1. The van der Waals surface area contributed by atoms with Crippen molar-refractivity contribution >= 4 is 6.09 Å². The van der Waals surface area contributed by atoms with E-state index < -0.39 is 6.09 Å². The van der Waals surface area contributed by atoms with Gasteiger partial charge in [0.2, 0.25) is 0 Å². The van der Waals surface area contributed by atoms with E-state index in [9.17, 15) is 9.90 Å². The minimum atomic E-state index is -1.28. The molecule has 0 radical (unpaired) electrons. The van der Waals surface area contributed by atoms with Crippen molar-refractivity contribution in [1.29, 1.82) is 0 Å². The van der Waals surface area contributed by atoms with Crippen molar-refractivity contribution in [3.63, 3.8) is 0 Å². The first-order chi connectivity index (χ1) is 13.0. The van der Waals surface area contributed by atoms with Crippen LogP contribution in [0, 0.1) is 0 Å². The molecule has 0 bridgehead atoms. The molecule has 0 aliphatic heterocycles. The van der Waals surface area contributed by atoms with Gasteiger partial charge in [-0.2, -0.15) is 5.10 Å². The van der Waals surface area contributed by atoms with E-state index in [0.29, 0.717) is 5.92 Å². The number of hydrogen-bond acceptors (Lipinski definition) is 4. The molecule has 1 N–H and O–H groups in total. The standard InChI is InChI=1S/C21H23N3O3/c1-14(2)19-12-20(16-6-4-15(5-7-16)13-22-21(25)26)24(23-19)17-8-10-18(27-3)11-9-17/h4-12,14,22H,13H2,1-3H3,(H,25,26)/p-1. The van der Waals surface area contributed by atoms with Gasteiger partial charge in [0.15, 0.2) is 0 Å². The van der Waals surface area contributed by atoms with E-state index in [1.54, 1.807) is 7.11 Å². The van der Waals surface area contributed by atoms with Gasteiger partial charge in [-0.3, -0.25) is 0 Å². The molecule has 0 atom stereocenters. The molecule has 3 aromatic rings. The maximum Gasteiger partial charge on any atom is 0.134 e. The summed E-state index contributed by atoms with van der Waals surface area (Å²) in [5.74, 6) is 1.09. The first-order valence-electron chi connectivity index (χ1n) is 8.76. The Labute approximate surface area is 158 Å². The smallest absolute Gasteiger partial charge is 0.134 e. The van der Waals surface area contributed by atoms with E-state index in [2.05, 4.69) is 25.2 Å². The average molecular weight is 364 g/mol. The van der Waals surface area contributed by atoms with Crippen LogP contribution in [-0.2, 0) is 6.54 Å². The van der Waals surface area contributed by atoms with Gasteiger partial charge >= 0.3 is 0 Å². The lowest BCUT2D eigenvalue weighted by Gasteiger charge is -2.10. The van der Waals surface area contributed by atoms with Crippen molar-refractivity contribution in [2.45, 2.75) is 26.3 Å². The summed E-state index contributed by atoms with van der Waals surface area (Å²) >= 11 is 0. The Balaban J connectivity index is 1.97. The molecule has 0 saturated carbocycles. The molecule has 1 aromatic heterocycles. The van der Waals surface area contributed by atoms with E-state index >= 15 is 0 Å². The largest absolute Gasteiger partial charge is 0.530 e. The molecule has 6 heteroatoms. The van der Waals surface area contributed by atoms with Crippen molar-refractivity contribution in [3.8, 4) is 22.7 Å². The summed E-state index contributed by atoms with van der Waals surface area (Å²) in [6.45, 7) is 4.44. The number of aromatic nitrogens is 2. The third-order valence-corrected chi connectivity index (χ3v) is 4.32. The zero-order valence-corrected chi connectivity index (χ0v) is 15.6. The fourth-order valence-electron chi connectivity index (χ4n) is 2.78. The lowest BCUT2D eigenvalue weighted by molar-refractivity contribution is -0.251. The number of carboxylic acid groups (broad SMARTS) is 1. The summed E-state index contributed by atoms with van der Waals surface area (Å²) in [5, 5.41) is 17.6. The SMILES string of the molecule is COc1ccc(-n2nc(C(C)C)cc2-c2ccc(CNC(=O)[O-])cc2)cc1. The van der Waals surface area contributed by atoms with Crippen molar-refractivity contribution in [1.82, 2.24) is 15.1 Å². The first-order valence-corrected chi connectivity index (χ1v) is 8.76. The molecule has 3 rings (SSSR count). The fraction of sp³-hybridized carbons (Fsp3) is 0.238. The molecular weight excluding hydrogens is 342 g/mol. The van der Waals surface area contributed by atoms with Gasteiger partial charge in [0.1, 0.15) is 11.8 Å². The molecule has 0 spiro atoms. The second kappa shape index (κ2) is 7.95. The first kappa shape index (κ1) is 18.5. The summed E-state index contributed by atoms with van der Waals surface area (Å²) in [5.41, 5.74) is 4.79. The Morgan fingerprint density at radius 2 is 1.81 bits per heavy atom. The molecule has 140 valence electrons. The minimum Gasteiger partial charge on any atom is -0.530 e. The average Bonchev–Trinajstić information content (AvgIpc) is 3.12. The van der Waals surface area contributed by atoms with Gasteiger partial charge in [0.25, 0.3) is 0 Å². The molecule has 0 aliphatic rings. The number of hydrogen-bond donors (Lipinski definition) is 1. The van der Waals surface area contributed by atoms with Crippen LogP contribution in [0.3, 0.4) is 0 Å². The molecule has 2 aromatic carbocycles. The molecule has 6 nitrogen and oxygen atoms in total. The Hall–Kier alpha value is -3.28. The fourth-order valence-corrected chi connectivity index (χ4v) is 2.78. The normalized spacial score (nSPS) is 10.8. The van der Waals surface area contributed by atoms with Gasteiger partial charge in [-0.15, -0.1) is 0 Å². The monoisotopic (exact) mass is 364 g/mol. The molecule has 0 saturated heterocycles. The summed E-state index contributed by atoms with van der Waals surface area (Å²) in [6, 6.07) is 17.6. The van der Waals surface area contributed by atoms with Crippen LogP contribution in [0.1, 0.15) is 31.0 Å². The Morgan fingerprint density at radius 3 is 2.37 bits per heavy atom. The van der Waals surface area contributed by atoms with Crippen LogP contribution >= 0.6 is 0 Å². The Bertz CT molecular complexity index is 913. The third kappa shape index (κ3) is 4.28. The minimum absolute atomic E-state index is 0.220. The van der Waals surface area contributed by atoms with Crippen LogP contribution in [0.15, 0.2) is 54.6 Å². The van der Waals surface area contributed by atoms with Crippen LogP contribution in [-0.4, -0.2) is 23.0 Å². The number of nitrogens with zero attached hydrogens (tertiary/aromatic N) is 2. The third-order valence-electron chi connectivity index (χ3n) is 4.32. The Kier molecular flexibility index (Phi) is 5.45. The van der Waals surface area contributed by atoms with Crippen LogP contribution < -0.4 is 15.2 Å². The molecule has 0 aliphatic carbocycles. The lowest BCUT2D eigenvalue weighted by Crippen LogP contribution is -2.35. The van der Waals surface area contributed by atoms with Crippen LogP contribution in [0.25, 0.3) is 16.9 Å². The van der Waals surface area contributed by atoms with E-state index in [0.717, 1.165) is 34.0 Å². The number of nitrogens with one attached hydrogen (secondary N) is 1. The zero-order valence-electron chi connectivity index (χ0n) is 15.6. The maximum atomic E-state index is 10.5. The van der Waals surface area contributed by atoms with Crippen LogP contribution in [0.4, 0.5) is 4.79 Å². The van der Waals surface area contributed by atoms with Gasteiger partial charge in [-0.05, 0) is 41.8 Å². The van der Waals surface area contributed by atoms with E-state index in [1.165, 1.54) is 0 Å². The van der Waals surface area contributed by atoms with Crippen molar-refractivity contribution < 1.29 is 14.6 Å². The quantitative estimate of drug-likeness (QED) is 0.729. The summed E-state index contributed by atoms with van der Waals surface area (Å²) in [7, 11) is 1.64. The van der Waals surface area contributed by atoms with Crippen molar-refractivity contribution in [2.75, 3.05) is 7.11 Å². The maximum absolute atomic E-state index is 10.5. The van der Waals surface area contributed by atoms with E-state index in [1.807, 2.05) is 53.2 Å². The van der Waals surface area contributed by atoms with Gasteiger partial charge in [0, 0.05) is 12.1 Å². The summed E-state index contributed by atoms with van der Waals surface area (Å²) < 4.78 is 7.15. The lowest BCUT2D eigenvalue weighted by atomic mass is 10.1. The Morgan fingerprint density at radius 1 is 1.15 bits per heavy atom. The van der Waals surface area contributed by atoms with Gasteiger partial charge < -0.3 is 20.0 Å².